The lowest BCUT2D eigenvalue weighted by atomic mass is 10.3. The summed E-state index contributed by atoms with van der Waals surface area (Å²) in [5.41, 5.74) is 0.783. The van der Waals surface area contributed by atoms with Crippen LogP contribution in [0.4, 0.5) is 0 Å². The van der Waals surface area contributed by atoms with Crippen LogP contribution in [0.25, 0.3) is 0 Å². The van der Waals surface area contributed by atoms with E-state index in [1.54, 1.807) is 24.6 Å². The first-order valence-corrected chi connectivity index (χ1v) is 9.80. The van der Waals surface area contributed by atoms with Crippen molar-refractivity contribution in [3.63, 3.8) is 0 Å². The van der Waals surface area contributed by atoms with Crippen LogP contribution in [-0.2, 0) is 29.5 Å². The highest BCUT2D eigenvalue weighted by Gasteiger charge is 2.22. The van der Waals surface area contributed by atoms with Gasteiger partial charge >= 0.3 is 0 Å². The van der Waals surface area contributed by atoms with Crippen LogP contribution in [0.5, 0.6) is 0 Å². The molecule has 0 radical (unpaired) electrons. The molecule has 2 heterocycles. The molecule has 0 aromatic carbocycles. The quantitative estimate of drug-likeness (QED) is 0.807. The highest BCUT2D eigenvalue weighted by atomic mass is 32.2. The van der Waals surface area contributed by atoms with E-state index in [0.29, 0.717) is 11.4 Å². The first-order chi connectivity index (χ1) is 9.97. The van der Waals surface area contributed by atoms with Gasteiger partial charge in [0.2, 0.25) is 10.0 Å². The minimum Gasteiger partial charge on any atom is -0.315 e. The van der Waals surface area contributed by atoms with E-state index in [-0.39, 0.29) is 6.54 Å². The van der Waals surface area contributed by atoms with Crippen molar-refractivity contribution < 1.29 is 8.42 Å². The summed E-state index contributed by atoms with van der Waals surface area (Å²) in [6, 6.07) is 0. The Morgan fingerprint density at radius 3 is 2.71 bits per heavy atom. The van der Waals surface area contributed by atoms with E-state index >= 15 is 0 Å². The van der Waals surface area contributed by atoms with Gasteiger partial charge in [-0.3, -0.25) is 0 Å². The van der Waals surface area contributed by atoms with Gasteiger partial charge in [-0.25, -0.2) is 18.1 Å². The first-order valence-electron chi connectivity index (χ1n) is 6.62. The molecule has 8 heteroatoms. The van der Waals surface area contributed by atoms with Gasteiger partial charge in [-0.05, 0) is 31.3 Å². The minimum atomic E-state index is -3.51. The van der Waals surface area contributed by atoms with Crippen molar-refractivity contribution in [2.45, 2.75) is 38.3 Å². The zero-order chi connectivity index (χ0) is 15.5. The van der Waals surface area contributed by atoms with Gasteiger partial charge in [0.15, 0.2) is 0 Å². The van der Waals surface area contributed by atoms with E-state index in [0.717, 1.165) is 26.7 Å². The minimum absolute atomic E-state index is 0.237. The molecule has 21 heavy (non-hydrogen) atoms. The Bertz CT molecular complexity index is 704. The second-order valence-electron chi connectivity index (χ2n) is 4.60. The fourth-order valence-electron chi connectivity index (χ4n) is 1.95. The number of thiazole rings is 1. The van der Waals surface area contributed by atoms with Gasteiger partial charge in [-0.1, -0.05) is 6.92 Å². The number of aryl methyl sites for hydroxylation is 2. The summed E-state index contributed by atoms with van der Waals surface area (Å²) < 4.78 is 27.7. The topological polar surface area (TPSA) is 71.1 Å². The highest BCUT2D eigenvalue weighted by Crippen LogP contribution is 2.27. The SMILES string of the molecule is CCc1cnc(CNS(=O)(=O)c2c(C)csc2CNC)s1. The summed E-state index contributed by atoms with van der Waals surface area (Å²) in [5, 5.41) is 5.67. The second-order valence-corrected chi connectivity index (χ2v) is 8.47. The van der Waals surface area contributed by atoms with E-state index in [1.165, 1.54) is 11.3 Å². The number of hydrogen-bond acceptors (Lipinski definition) is 6. The van der Waals surface area contributed by atoms with Crippen LogP contribution in [0, 0.1) is 6.92 Å². The van der Waals surface area contributed by atoms with Gasteiger partial charge in [0, 0.05) is 22.5 Å². The second kappa shape index (κ2) is 6.97. The summed E-state index contributed by atoms with van der Waals surface area (Å²) >= 11 is 3.00. The van der Waals surface area contributed by atoms with Gasteiger partial charge in [0.05, 0.1) is 6.54 Å². The fraction of sp³-hybridized carbons (Fsp3) is 0.462. The number of aromatic nitrogens is 1. The zero-order valence-corrected chi connectivity index (χ0v) is 14.7. The van der Waals surface area contributed by atoms with Gasteiger partial charge in [-0.15, -0.1) is 22.7 Å². The van der Waals surface area contributed by atoms with Crippen molar-refractivity contribution >= 4 is 32.7 Å². The van der Waals surface area contributed by atoms with E-state index in [9.17, 15) is 8.42 Å². The molecule has 2 aromatic heterocycles. The molecule has 0 aliphatic carbocycles. The normalized spacial score (nSPS) is 12.0. The lowest BCUT2D eigenvalue weighted by Crippen LogP contribution is -2.25. The number of nitrogens with one attached hydrogen (secondary N) is 2. The standard InChI is InChI=1S/C13H19N3O2S3/c1-4-10-5-15-12(20-10)7-16-21(17,18)13-9(2)8-19-11(13)6-14-3/h5,8,14,16H,4,6-7H2,1-3H3. The third-order valence-electron chi connectivity index (χ3n) is 2.96. The molecule has 2 rings (SSSR count). The molecule has 0 amide bonds. The molecule has 0 saturated carbocycles. The monoisotopic (exact) mass is 345 g/mol. The van der Waals surface area contributed by atoms with Crippen LogP contribution in [0.15, 0.2) is 16.5 Å². The lowest BCUT2D eigenvalue weighted by molar-refractivity contribution is 0.579. The van der Waals surface area contributed by atoms with E-state index in [4.69, 9.17) is 0 Å². The van der Waals surface area contributed by atoms with Crippen LogP contribution in [0.2, 0.25) is 0 Å². The summed E-state index contributed by atoms with van der Waals surface area (Å²) in [5.74, 6) is 0. The molecule has 0 spiro atoms. The highest BCUT2D eigenvalue weighted by molar-refractivity contribution is 7.89. The van der Waals surface area contributed by atoms with Gasteiger partial charge in [0.25, 0.3) is 0 Å². The van der Waals surface area contributed by atoms with Crippen LogP contribution in [0.3, 0.4) is 0 Å². The van der Waals surface area contributed by atoms with E-state index in [1.807, 2.05) is 12.3 Å². The summed E-state index contributed by atoms with van der Waals surface area (Å²) in [4.78, 5) is 6.62. The molecule has 0 aliphatic heterocycles. The Labute approximate surface area is 133 Å². The van der Waals surface area contributed by atoms with Crippen molar-refractivity contribution in [1.82, 2.24) is 15.0 Å². The Hall–Kier alpha value is -0.800. The van der Waals surface area contributed by atoms with Crippen molar-refractivity contribution in [1.29, 1.82) is 0 Å². The molecular formula is C13H19N3O2S3. The maximum Gasteiger partial charge on any atom is 0.242 e. The Morgan fingerprint density at radius 1 is 1.33 bits per heavy atom. The largest absolute Gasteiger partial charge is 0.315 e. The number of thiophene rings is 1. The van der Waals surface area contributed by atoms with Gasteiger partial charge in [0.1, 0.15) is 9.90 Å². The summed E-state index contributed by atoms with van der Waals surface area (Å²) in [7, 11) is -1.70. The van der Waals surface area contributed by atoms with Gasteiger partial charge < -0.3 is 5.32 Å². The fourth-order valence-corrected chi connectivity index (χ4v) is 5.65. The van der Waals surface area contributed by atoms with E-state index < -0.39 is 10.0 Å². The number of rotatable bonds is 7. The Balaban J connectivity index is 2.16. The van der Waals surface area contributed by atoms with Crippen molar-refractivity contribution in [2.75, 3.05) is 7.05 Å². The third kappa shape index (κ3) is 3.89. The summed E-state index contributed by atoms with van der Waals surface area (Å²) in [6.07, 6.45) is 2.72. The smallest absolute Gasteiger partial charge is 0.242 e. The maximum atomic E-state index is 12.5. The molecule has 0 atom stereocenters. The molecule has 0 aliphatic rings. The predicted molar refractivity (Wildman–Crippen MR) is 87.3 cm³/mol. The van der Waals surface area contributed by atoms with Crippen molar-refractivity contribution in [2.24, 2.45) is 0 Å². The molecule has 5 nitrogen and oxygen atoms in total. The maximum absolute atomic E-state index is 12.5. The number of hydrogen-bond donors (Lipinski definition) is 2. The zero-order valence-electron chi connectivity index (χ0n) is 12.3. The average molecular weight is 346 g/mol. The van der Waals surface area contributed by atoms with Crippen LogP contribution in [-0.4, -0.2) is 20.4 Å². The van der Waals surface area contributed by atoms with Crippen LogP contribution < -0.4 is 10.0 Å². The molecule has 0 saturated heterocycles. The Kier molecular flexibility index (Phi) is 5.50. The lowest BCUT2D eigenvalue weighted by Gasteiger charge is -2.08. The number of sulfonamides is 1. The Morgan fingerprint density at radius 2 is 2.10 bits per heavy atom. The predicted octanol–water partition coefficient (Wildman–Crippen LogP) is 2.27. The molecular weight excluding hydrogens is 326 g/mol. The third-order valence-corrected chi connectivity index (χ3v) is 6.96. The molecule has 116 valence electrons. The first kappa shape index (κ1) is 16.6. The van der Waals surface area contributed by atoms with E-state index in [2.05, 4.69) is 21.9 Å². The molecule has 0 unspecified atom stereocenters. The van der Waals surface area contributed by atoms with Crippen LogP contribution >= 0.6 is 22.7 Å². The molecule has 2 aromatic rings. The number of nitrogens with zero attached hydrogens (tertiary/aromatic N) is 1. The van der Waals surface area contributed by atoms with Gasteiger partial charge in [-0.2, -0.15) is 0 Å². The van der Waals surface area contributed by atoms with Crippen molar-refractivity contribution in [3.05, 3.63) is 31.9 Å². The molecule has 0 fully saturated rings. The average Bonchev–Trinajstić information content (AvgIpc) is 3.04. The molecule has 2 N–H and O–H groups in total. The van der Waals surface area contributed by atoms with Crippen LogP contribution in [0.1, 0.15) is 27.2 Å². The molecule has 0 bridgehead atoms. The summed E-state index contributed by atoms with van der Waals surface area (Å²) in [6.45, 7) is 4.66. The van der Waals surface area contributed by atoms with Crippen molar-refractivity contribution in [3.8, 4) is 0 Å².